The molecule has 2 N–H and O–H groups in total. The van der Waals surface area contributed by atoms with Gasteiger partial charge in [0.15, 0.2) is 0 Å². The molecule has 102 valence electrons. The first-order valence-corrected chi connectivity index (χ1v) is 6.17. The van der Waals surface area contributed by atoms with E-state index < -0.39 is 23.1 Å². The maximum Gasteiger partial charge on any atom is 0.410 e. The number of ether oxygens (including phenoxy) is 1. The van der Waals surface area contributed by atoms with Gasteiger partial charge >= 0.3 is 12.1 Å². The summed E-state index contributed by atoms with van der Waals surface area (Å²) in [4.78, 5) is 24.9. The predicted molar refractivity (Wildman–Crippen MR) is 64.2 cm³/mol. The van der Waals surface area contributed by atoms with Gasteiger partial charge in [0.1, 0.15) is 11.0 Å². The zero-order valence-electron chi connectivity index (χ0n) is 11.0. The standard InChI is InChI=1S/C12H20N2O4/c1-11(2,3)18-10(17)14-5-8-4-13-6-12(8,7-14)9(15)16/h8,13H,4-7H2,1-3H3,(H,15,16)/t8-,12-/m0/s1. The van der Waals surface area contributed by atoms with E-state index >= 15 is 0 Å². The molecule has 6 nitrogen and oxygen atoms in total. The van der Waals surface area contributed by atoms with Crippen molar-refractivity contribution in [3.63, 3.8) is 0 Å². The van der Waals surface area contributed by atoms with Gasteiger partial charge in [-0.2, -0.15) is 0 Å². The smallest absolute Gasteiger partial charge is 0.410 e. The monoisotopic (exact) mass is 256 g/mol. The molecule has 0 spiro atoms. The molecule has 1 amide bonds. The largest absolute Gasteiger partial charge is 0.481 e. The van der Waals surface area contributed by atoms with E-state index in [1.54, 1.807) is 20.8 Å². The van der Waals surface area contributed by atoms with Crippen molar-refractivity contribution in [2.75, 3.05) is 26.2 Å². The highest BCUT2D eigenvalue weighted by atomic mass is 16.6. The number of hydrogen-bond donors (Lipinski definition) is 2. The zero-order valence-corrected chi connectivity index (χ0v) is 11.0. The third kappa shape index (κ3) is 2.16. The molecule has 2 heterocycles. The summed E-state index contributed by atoms with van der Waals surface area (Å²) in [5.74, 6) is -0.855. The predicted octanol–water partition coefficient (Wildman–Crippen LogP) is 0.527. The van der Waals surface area contributed by atoms with Crippen molar-refractivity contribution in [1.82, 2.24) is 10.2 Å². The second kappa shape index (κ2) is 4.12. The fourth-order valence-corrected chi connectivity index (χ4v) is 2.69. The van der Waals surface area contributed by atoms with Crippen LogP contribution in [0.15, 0.2) is 0 Å². The molecule has 2 fully saturated rings. The molecule has 0 saturated carbocycles. The van der Waals surface area contributed by atoms with Crippen LogP contribution in [0.4, 0.5) is 4.79 Å². The number of nitrogens with zero attached hydrogens (tertiary/aromatic N) is 1. The lowest BCUT2D eigenvalue weighted by Gasteiger charge is -2.26. The zero-order chi connectivity index (χ0) is 13.6. The normalized spacial score (nSPS) is 31.3. The third-order valence-corrected chi connectivity index (χ3v) is 3.60. The Labute approximate surface area is 106 Å². The molecule has 0 aromatic carbocycles. The second-order valence-corrected chi connectivity index (χ2v) is 6.15. The number of rotatable bonds is 1. The summed E-state index contributed by atoms with van der Waals surface area (Å²) in [7, 11) is 0. The summed E-state index contributed by atoms with van der Waals surface area (Å²) >= 11 is 0. The lowest BCUT2D eigenvalue weighted by atomic mass is 9.81. The molecular formula is C12H20N2O4. The SMILES string of the molecule is CC(C)(C)OC(=O)N1C[C@@H]2CNC[C@]2(C(=O)O)C1. The number of carbonyl (C=O) groups is 2. The number of hydrogen-bond acceptors (Lipinski definition) is 4. The van der Waals surface area contributed by atoms with Crippen molar-refractivity contribution in [2.45, 2.75) is 26.4 Å². The highest BCUT2D eigenvalue weighted by molar-refractivity contribution is 5.79. The Morgan fingerprint density at radius 1 is 1.44 bits per heavy atom. The number of aliphatic carboxylic acids is 1. The van der Waals surface area contributed by atoms with Gasteiger partial charge < -0.3 is 20.1 Å². The highest BCUT2D eigenvalue weighted by Gasteiger charge is 2.56. The Bertz CT molecular complexity index is 377. The van der Waals surface area contributed by atoms with E-state index in [4.69, 9.17) is 4.74 Å². The van der Waals surface area contributed by atoms with E-state index in [0.29, 0.717) is 19.6 Å². The van der Waals surface area contributed by atoms with Gasteiger partial charge in [-0.15, -0.1) is 0 Å². The maximum atomic E-state index is 11.9. The van der Waals surface area contributed by atoms with Crippen LogP contribution < -0.4 is 5.32 Å². The van der Waals surface area contributed by atoms with Crippen molar-refractivity contribution in [3.8, 4) is 0 Å². The molecular weight excluding hydrogens is 236 g/mol. The van der Waals surface area contributed by atoms with Gasteiger partial charge in [0.25, 0.3) is 0 Å². The Hall–Kier alpha value is -1.30. The molecule has 0 unspecified atom stereocenters. The lowest BCUT2D eigenvalue weighted by Crippen LogP contribution is -2.42. The van der Waals surface area contributed by atoms with Gasteiger partial charge in [-0.3, -0.25) is 4.79 Å². The summed E-state index contributed by atoms with van der Waals surface area (Å²) in [6.07, 6.45) is -0.419. The van der Waals surface area contributed by atoms with Crippen LogP contribution in [0.1, 0.15) is 20.8 Å². The molecule has 0 aromatic heterocycles. The van der Waals surface area contributed by atoms with E-state index in [-0.39, 0.29) is 12.5 Å². The number of carboxylic acid groups (broad SMARTS) is 1. The van der Waals surface area contributed by atoms with Crippen LogP contribution in [0, 0.1) is 11.3 Å². The fraction of sp³-hybridized carbons (Fsp3) is 0.833. The van der Waals surface area contributed by atoms with Gasteiger partial charge in [0, 0.05) is 32.1 Å². The van der Waals surface area contributed by atoms with Crippen LogP contribution in [-0.4, -0.2) is 53.8 Å². The first kappa shape index (κ1) is 13.1. The van der Waals surface area contributed by atoms with Crippen molar-refractivity contribution in [2.24, 2.45) is 11.3 Å². The lowest BCUT2D eigenvalue weighted by molar-refractivity contribution is -0.148. The Morgan fingerprint density at radius 2 is 2.11 bits per heavy atom. The van der Waals surface area contributed by atoms with Gasteiger partial charge in [-0.05, 0) is 20.8 Å². The molecule has 2 rings (SSSR count). The molecule has 0 aromatic rings. The minimum Gasteiger partial charge on any atom is -0.481 e. The van der Waals surface area contributed by atoms with Crippen LogP contribution in [0.25, 0.3) is 0 Å². The minimum atomic E-state index is -0.836. The number of nitrogens with one attached hydrogen (secondary N) is 1. The summed E-state index contributed by atoms with van der Waals surface area (Å²) in [6.45, 7) is 7.16. The molecule has 6 heteroatoms. The van der Waals surface area contributed by atoms with Gasteiger partial charge in [-0.25, -0.2) is 4.79 Å². The minimum absolute atomic E-state index is 0.0254. The number of amides is 1. The molecule has 0 aliphatic carbocycles. The summed E-state index contributed by atoms with van der Waals surface area (Å²) in [5, 5.41) is 12.5. The van der Waals surface area contributed by atoms with Crippen LogP contribution in [0.5, 0.6) is 0 Å². The summed E-state index contributed by atoms with van der Waals surface area (Å²) in [6, 6.07) is 0. The topological polar surface area (TPSA) is 78.9 Å². The molecule has 2 saturated heterocycles. The van der Waals surface area contributed by atoms with E-state index in [9.17, 15) is 14.7 Å². The third-order valence-electron chi connectivity index (χ3n) is 3.60. The molecule has 0 bridgehead atoms. The van der Waals surface area contributed by atoms with E-state index in [1.165, 1.54) is 4.90 Å². The van der Waals surface area contributed by atoms with Crippen LogP contribution in [-0.2, 0) is 9.53 Å². The first-order chi connectivity index (χ1) is 8.24. The second-order valence-electron chi connectivity index (χ2n) is 6.15. The van der Waals surface area contributed by atoms with E-state index in [2.05, 4.69) is 5.32 Å². The van der Waals surface area contributed by atoms with Crippen molar-refractivity contribution < 1.29 is 19.4 Å². The van der Waals surface area contributed by atoms with Crippen molar-refractivity contribution in [3.05, 3.63) is 0 Å². The molecule has 0 radical (unpaired) electrons. The van der Waals surface area contributed by atoms with Crippen LogP contribution >= 0.6 is 0 Å². The van der Waals surface area contributed by atoms with E-state index in [1.807, 2.05) is 0 Å². The van der Waals surface area contributed by atoms with Crippen molar-refractivity contribution in [1.29, 1.82) is 0 Å². The van der Waals surface area contributed by atoms with Gasteiger partial charge in [0.05, 0.1) is 0 Å². The quantitative estimate of drug-likeness (QED) is 0.715. The molecule has 2 atom stereocenters. The average molecular weight is 256 g/mol. The highest BCUT2D eigenvalue weighted by Crippen LogP contribution is 2.39. The van der Waals surface area contributed by atoms with E-state index in [0.717, 1.165) is 0 Å². The Kier molecular flexibility index (Phi) is 3.01. The Morgan fingerprint density at radius 3 is 2.61 bits per heavy atom. The first-order valence-electron chi connectivity index (χ1n) is 6.17. The van der Waals surface area contributed by atoms with Gasteiger partial charge in [0.2, 0.25) is 0 Å². The number of carbonyl (C=O) groups excluding carboxylic acids is 1. The number of carboxylic acids is 1. The molecule has 18 heavy (non-hydrogen) atoms. The fourth-order valence-electron chi connectivity index (χ4n) is 2.69. The maximum absolute atomic E-state index is 11.9. The Balaban J connectivity index is 2.08. The number of fused-ring (bicyclic) bond motifs is 1. The van der Waals surface area contributed by atoms with Crippen LogP contribution in [0.3, 0.4) is 0 Å². The van der Waals surface area contributed by atoms with Gasteiger partial charge in [-0.1, -0.05) is 0 Å². The van der Waals surface area contributed by atoms with Crippen molar-refractivity contribution >= 4 is 12.1 Å². The average Bonchev–Trinajstić information content (AvgIpc) is 2.69. The molecule has 2 aliphatic heterocycles. The summed E-state index contributed by atoms with van der Waals surface area (Å²) < 4.78 is 5.29. The summed E-state index contributed by atoms with van der Waals surface area (Å²) in [5.41, 5.74) is -1.39. The molecule has 2 aliphatic rings. The number of likely N-dealkylation sites (tertiary alicyclic amines) is 1. The van der Waals surface area contributed by atoms with Crippen LogP contribution in [0.2, 0.25) is 0 Å².